The van der Waals surface area contributed by atoms with Crippen LogP contribution in [0.1, 0.15) is 15.9 Å². The van der Waals surface area contributed by atoms with Crippen molar-refractivity contribution in [3.8, 4) is 0 Å². The van der Waals surface area contributed by atoms with Crippen molar-refractivity contribution >= 4 is 28.5 Å². The Morgan fingerprint density at radius 3 is 2.80 bits per heavy atom. The van der Waals surface area contributed by atoms with Crippen molar-refractivity contribution < 1.29 is 9.90 Å². The molecule has 0 atom stereocenters. The molecule has 4 heteroatoms. The molecule has 0 aliphatic rings. The average molecular weight is 222 g/mol. The number of hydrogen-bond acceptors (Lipinski definition) is 2. The van der Waals surface area contributed by atoms with Crippen LogP contribution in [0, 0.1) is 6.92 Å². The lowest BCUT2D eigenvalue weighted by molar-refractivity contribution is 0.0696. The third kappa shape index (κ3) is 1.78. The van der Waals surface area contributed by atoms with E-state index in [9.17, 15) is 4.79 Å². The summed E-state index contributed by atoms with van der Waals surface area (Å²) in [6.45, 7) is 1.89. The molecule has 0 spiro atoms. The lowest BCUT2D eigenvalue weighted by atomic mass is 10.1. The van der Waals surface area contributed by atoms with Crippen LogP contribution in [0.25, 0.3) is 10.9 Å². The normalized spacial score (nSPS) is 10.5. The van der Waals surface area contributed by atoms with Crippen LogP contribution in [-0.2, 0) is 0 Å². The lowest BCUT2D eigenvalue weighted by Gasteiger charge is -2.03. The number of carboxylic acid groups (broad SMARTS) is 1. The summed E-state index contributed by atoms with van der Waals surface area (Å²) in [5.74, 6) is -0.984. The van der Waals surface area contributed by atoms with E-state index in [0.29, 0.717) is 5.02 Å². The van der Waals surface area contributed by atoms with Gasteiger partial charge < -0.3 is 5.11 Å². The third-order valence-corrected chi connectivity index (χ3v) is 2.40. The van der Waals surface area contributed by atoms with Crippen molar-refractivity contribution in [3.05, 3.63) is 40.5 Å². The van der Waals surface area contributed by atoms with Crippen molar-refractivity contribution in [2.24, 2.45) is 0 Å². The van der Waals surface area contributed by atoms with Gasteiger partial charge in [-0.1, -0.05) is 11.6 Å². The number of aryl methyl sites for hydroxylation is 1. The van der Waals surface area contributed by atoms with Crippen LogP contribution in [0.4, 0.5) is 0 Å². The van der Waals surface area contributed by atoms with Crippen molar-refractivity contribution in [2.45, 2.75) is 6.92 Å². The van der Waals surface area contributed by atoms with E-state index in [0.717, 1.165) is 16.5 Å². The van der Waals surface area contributed by atoms with E-state index in [1.54, 1.807) is 18.2 Å². The first-order valence-electron chi connectivity index (χ1n) is 4.37. The summed E-state index contributed by atoms with van der Waals surface area (Å²) in [5.41, 5.74) is 1.89. The Morgan fingerprint density at radius 2 is 2.13 bits per heavy atom. The van der Waals surface area contributed by atoms with Crippen molar-refractivity contribution in [1.29, 1.82) is 0 Å². The minimum atomic E-state index is -0.984. The highest BCUT2D eigenvalue weighted by Crippen LogP contribution is 2.22. The zero-order valence-corrected chi connectivity index (χ0v) is 8.75. The predicted octanol–water partition coefficient (Wildman–Crippen LogP) is 2.89. The molecule has 2 aromatic rings. The Labute approximate surface area is 91.3 Å². The van der Waals surface area contributed by atoms with Crippen LogP contribution in [-0.4, -0.2) is 16.1 Å². The van der Waals surface area contributed by atoms with Gasteiger partial charge in [0.15, 0.2) is 0 Å². The maximum absolute atomic E-state index is 10.7. The Morgan fingerprint density at radius 1 is 1.40 bits per heavy atom. The van der Waals surface area contributed by atoms with Crippen LogP contribution in [0.5, 0.6) is 0 Å². The number of hydrogen-bond donors (Lipinski definition) is 1. The minimum Gasteiger partial charge on any atom is -0.478 e. The summed E-state index contributed by atoms with van der Waals surface area (Å²) < 4.78 is 0. The van der Waals surface area contributed by atoms with Gasteiger partial charge in [0.25, 0.3) is 0 Å². The Balaban J connectivity index is 2.76. The SMILES string of the molecule is Cc1cc(Cl)cc2cc(C(=O)O)cnc12. The van der Waals surface area contributed by atoms with E-state index in [1.807, 2.05) is 6.92 Å². The molecule has 15 heavy (non-hydrogen) atoms. The molecule has 2 rings (SSSR count). The molecule has 0 radical (unpaired) electrons. The number of benzene rings is 1. The van der Waals surface area contributed by atoms with Crippen molar-refractivity contribution in [2.75, 3.05) is 0 Å². The Bertz CT molecular complexity index is 552. The van der Waals surface area contributed by atoms with E-state index < -0.39 is 5.97 Å². The fourth-order valence-electron chi connectivity index (χ4n) is 1.50. The summed E-state index contributed by atoms with van der Waals surface area (Å²) >= 11 is 5.88. The van der Waals surface area contributed by atoms with Gasteiger partial charge in [0.2, 0.25) is 0 Å². The Kier molecular flexibility index (Phi) is 2.32. The summed E-state index contributed by atoms with van der Waals surface area (Å²) in [7, 11) is 0. The van der Waals surface area contributed by atoms with E-state index >= 15 is 0 Å². The average Bonchev–Trinajstić information content (AvgIpc) is 2.16. The number of rotatable bonds is 1. The molecule has 0 saturated heterocycles. The molecule has 0 unspecified atom stereocenters. The minimum absolute atomic E-state index is 0.171. The molecule has 1 aromatic carbocycles. The Hall–Kier alpha value is -1.61. The van der Waals surface area contributed by atoms with E-state index in [-0.39, 0.29) is 5.56 Å². The number of aromatic nitrogens is 1. The van der Waals surface area contributed by atoms with Gasteiger partial charge >= 0.3 is 5.97 Å². The zero-order valence-electron chi connectivity index (χ0n) is 7.99. The zero-order chi connectivity index (χ0) is 11.0. The first-order chi connectivity index (χ1) is 7.08. The standard InChI is InChI=1S/C11H8ClNO2/c1-6-2-9(12)4-7-3-8(11(14)15)5-13-10(6)7/h2-5H,1H3,(H,14,15). The number of fused-ring (bicyclic) bond motifs is 1. The number of halogens is 1. The highest BCUT2D eigenvalue weighted by atomic mass is 35.5. The quantitative estimate of drug-likeness (QED) is 0.806. The fraction of sp³-hybridized carbons (Fsp3) is 0.0909. The molecular formula is C11H8ClNO2. The molecule has 1 heterocycles. The van der Waals surface area contributed by atoms with Gasteiger partial charge in [0.05, 0.1) is 11.1 Å². The van der Waals surface area contributed by atoms with Gasteiger partial charge in [-0.2, -0.15) is 0 Å². The maximum atomic E-state index is 10.7. The van der Waals surface area contributed by atoms with Gasteiger partial charge in [-0.3, -0.25) is 4.98 Å². The van der Waals surface area contributed by atoms with Gasteiger partial charge in [-0.25, -0.2) is 4.79 Å². The second kappa shape index (κ2) is 3.51. The molecular weight excluding hydrogens is 214 g/mol. The fourth-order valence-corrected chi connectivity index (χ4v) is 1.78. The monoisotopic (exact) mass is 221 g/mol. The summed E-state index contributed by atoms with van der Waals surface area (Å²) in [4.78, 5) is 14.8. The predicted molar refractivity (Wildman–Crippen MR) is 58.4 cm³/mol. The molecule has 0 bridgehead atoms. The molecule has 3 nitrogen and oxygen atoms in total. The maximum Gasteiger partial charge on any atom is 0.337 e. The molecule has 76 valence electrons. The summed E-state index contributed by atoms with van der Waals surface area (Å²) in [5, 5.41) is 10.1. The molecule has 0 amide bonds. The largest absolute Gasteiger partial charge is 0.478 e. The van der Waals surface area contributed by atoms with Gasteiger partial charge in [-0.15, -0.1) is 0 Å². The highest BCUT2D eigenvalue weighted by molar-refractivity contribution is 6.31. The number of aromatic carboxylic acids is 1. The number of carboxylic acids is 1. The van der Waals surface area contributed by atoms with E-state index in [2.05, 4.69) is 4.98 Å². The topological polar surface area (TPSA) is 50.2 Å². The summed E-state index contributed by atoms with van der Waals surface area (Å²) in [6, 6.07) is 5.09. The van der Waals surface area contributed by atoms with Gasteiger partial charge in [-0.05, 0) is 30.7 Å². The number of nitrogens with zero attached hydrogens (tertiary/aromatic N) is 1. The molecule has 1 aromatic heterocycles. The number of pyridine rings is 1. The second-order valence-electron chi connectivity index (χ2n) is 3.32. The van der Waals surface area contributed by atoms with Crippen molar-refractivity contribution in [1.82, 2.24) is 4.98 Å². The van der Waals surface area contributed by atoms with Crippen LogP contribution in [0.3, 0.4) is 0 Å². The first kappa shape index (κ1) is 9.93. The smallest absolute Gasteiger partial charge is 0.337 e. The first-order valence-corrected chi connectivity index (χ1v) is 4.75. The second-order valence-corrected chi connectivity index (χ2v) is 3.76. The van der Waals surface area contributed by atoms with Crippen LogP contribution >= 0.6 is 11.6 Å². The van der Waals surface area contributed by atoms with E-state index in [1.165, 1.54) is 6.20 Å². The van der Waals surface area contributed by atoms with Crippen LogP contribution in [0.15, 0.2) is 24.4 Å². The van der Waals surface area contributed by atoms with Crippen molar-refractivity contribution in [3.63, 3.8) is 0 Å². The lowest BCUT2D eigenvalue weighted by Crippen LogP contribution is -1.97. The molecule has 1 N–H and O–H groups in total. The molecule has 0 aliphatic carbocycles. The van der Waals surface area contributed by atoms with Gasteiger partial charge in [0.1, 0.15) is 0 Å². The number of carbonyl (C=O) groups is 1. The van der Waals surface area contributed by atoms with Crippen LogP contribution < -0.4 is 0 Å². The summed E-state index contributed by atoms with van der Waals surface area (Å²) in [6.07, 6.45) is 1.35. The van der Waals surface area contributed by atoms with Gasteiger partial charge in [0, 0.05) is 16.6 Å². The highest BCUT2D eigenvalue weighted by Gasteiger charge is 2.06. The van der Waals surface area contributed by atoms with E-state index in [4.69, 9.17) is 16.7 Å². The molecule has 0 fully saturated rings. The molecule has 0 saturated carbocycles. The molecule has 0 aliphatic heterocycles. The third-order valence-electron chi connectivity index (χ3n) is 2.19. The van der Waals surface area contributed by atoms with Crippen LogP contribution in [0.2, 0.25) is 5.02 Å².